The molecule has 1 saturated carbocycles. The number of allylic oxidation sites excluding steroid dienone is 2. The number of ether oxygens (including phenoxy) is 1. The van der Waals surface area contributed by atoms with Crippen LogP contribution in [0.4, 0.5) is 0 Å². The van der Waals surface area contributed by atoms with Gasteiger partial charge in [0.05, 0.1) is 6.61 Å². The Morgan fingerprint density at radius 2 is 2.17 bits per heavy atom. The molecule has 0 amide bonds. The van der Waals surface area contributed by atoms with Gasteiger partial charge in [-0.15, -0.1) is 12.3 Å². The highest BCUT2D eigenvalue weighted by atomic mass is 16.5. The summed E-state index contributed by atoms with van der Waals surface area (Å²) >= 11 is 0. The Morgan fingerprint density at radius 1 is 1.50 bits per heavy atom. The fourth-order valence-electron chi connectivity index (χ4n) is 1.83. The lowest BCUT2D eigenvalue weighted by atomic mass is 9.77. The molecular formula is C15H20O3. The molecule has 0 heterocycles. The Morgan fingerprint density at radius 3 is 2.61 bits per heavy atom. The van der Waals surface area contributed by atoms with Crippen LogP contribution in [0.5, 0.6) is 0 Å². The minimum absolute atomic E-state index is 0.0934. The Balaban J connectivity index is 2.84. The Kier molecular flexibility index (Phi) is 5.15. The number of carbonyl (C=O) groups is 2. The van der Waals surface area contributed by atoms with Crippen LogP contribution in [0, 0.1) is 23.7 Å². The third kappa shape index (κ3) is 3.46. The van der Waals surface area contributed by atoms with Crippen LogP contribution in [0.2, 0.25) is 0 Å². The lowest BCUT2D eigenvalue weighted by Crippen LogP contribution is -2.39. The van der Waals surface area contributed by atoms with E-state index in [1.165, 1.54) is 19.8 Å². The molecule has 1 aliphatic rings. The number of terminal acetylenes is 1. The molecule has 0 aromatic heterocycles. The maximum atomic E-state index is 12.0. The van der Waals surface area contributed by atoms with Crippen LogP contribution < -0.4 is 0 Å². The predicted octanol–water partition coefficient (Wildman–Crippen LogP) is 2.50. The number of hydrogen-bond acceptors (Lipinski definition) is 3. The lowest BCUT2D eigenvalue weighted by molar-refractivity contribution is -0.159. The van der Waals surface area contributed by atoms with Crippen molar-refractivity contribution in [2.45, 2.75) is 39.5 Å². The number of Topliss-reactive ketones (excluding diaryl/α,β-unsaturated/α-hetero) is 1. The summed E-state index contributed by atoms with van der Waals surface area (Å²) in [6, 6.07) is 0. The normalized spacial score (nSPS) is 18.1. The maximum Gasteiger partial charge on any atom is 0.320 e. The highest BCUT2D eigenvalue weighted by molar-refractivity contribution is 6.03. The van der Waals surface area contributed by atoms with Crippen molar-refractivity contribution in [3.63, 3.8) is 0 Å². The lowest BCUT2D eigenvalue weighted by Gasteiger charge is -2.25. The van der Waals surface area contributed by atoms with Crippen molar-refractivity contribution >= 4 is 11.8 Å². The zero-order valence-electron chi connectivity index (χ0n) is 11.1. The molecular weight excluding hydrogens is 228 g/mol. The molecule has 0 spiro atoms. The van der Waals surface area contributed by atoms with E-state index in [1.807, 2.05) is 6.08 Å². The Bertz CT molecular complexity index is 385. The van der Waals surface area contributed by atoms with Crippen molar-refractivity contribution in [1.82, 2.24) is 0 Å². The number of esters is 1. The van der Waals surface area contributed by atoms with Gasteiger partial charge >= 0.3 is 5.97 Å². The standard InChI is InChI=1S/C15H20O3/c1-4-10-15(12(3)16,14(17)18-5-2)11-6-7-13-8-9-13/h1,6-7,13H,5,8-11H2,2-3H3/b7-6+. The zero-order chi connectivity index (χ0) is 13.6. The number of carbonyl (C=O) groups excluding carboxylic acids is 2. The molecule has 0 saturated heterocycles. The first kappa shape index (κ1) is 14.5. The molecule has 0 aliphatic heterocycles. The van der Waals surface area contributed by atoms with Crippen molar-refractivity contribution < 1.29 is 14.3 Å². The molecule has 0 aromatic carbocycles. The molecule has 1 aliphatic carbocycles. The van der Waals surface area contributed by atoms with Crippen LogP contribution in [0.1, 0.15) is 39.5 Å². The minimum Gasteiger partial charge on any atom is -0.465 e. The smallest absolute Gasteiger partial charge is 0.320 e. The van der Waals surface area contributed by atoms with E-state index in [2.05, 4.69) is 12.0 Å². The monoisotopic (exact) mass is 248 g/mol. The van der Waals surface area contributed by atoms with Crippen LogP contribution in [-0.2, 0) is 14.3 Å². The molecule has 1 atom stereocenters. The highest BCUT2D eigenvalue weighted by Gasteiger charge is 2.43. The van der Waals surface area contributed by atoms with E-state index in [1.54, 1.807) is 6.92 Å². The topological polar surface area (TPSA) is 43.4 Å². The second-order valence-electron chi connectivity index (χ2n) is 4.71. The van der Waals surface area contributed by atoms with E-state index in [4.69, 9.17) is 11.2 Å². The quantitative estimate of drug-likeness (QED) is 0.301. The summed E-state index contributed by atoms with van der Waals surface area (Å²) in [7, 11) is 0. The fourth-order valence-corrected chi connectivity index (χ4v) is 1.83. The summed E-state index contributed by atoms with van der Waals surface area (Å²) in [6.07, 6.45) is 12.1. The summed E-state index contributed by atoms with van der Waals surface area (Å²) in [5, 5.41) is 0. The van der Waals surface area contributed by atoms with E-state index in [0.29, 0.717) is 12.3 Å². The van der Waals surface area contributed by atoms with Gasteiger partial charge in [-0.2, -0.15) is 0 Å². The maximum absolute atomic E-state index is 12.0. The SMILES string of the molecule is C#CCC(C/C=C/C1CC1)(C(C)=O)C(=O)OCC. The summed E-state index contributed by atoms with van der Waals surface area (Å²) in [4.78, 5) is 23.8. The zero-order valence-corrected chi connectivity index (χ0v) is 11.1. The molecule has 1 unspecified atom stereocenters. The van der Waals surface area contributed by atoms with Crippen molar-refractivity contribution in [3.8, 4) is 12.3 Å². The molecule has 0 radical (unpaired) electrons. The minimum atomic E-state index is -1.20. The van der Waals surface area contributed by atoms with Crippen LogP contribution in [0.15, 0.2) is 12.2 Å². The summed E-state index contributed by atoms with van der Waals surface area (Å²) in [6.45, 7) is 3.38. The van der Waals surface area contributed by atoms with E-state index in [-0.39, 0.29) is 18.8 Å². The Labute approximate surface area is 109 Å². The van der Waals surface area contributed by atoms with Gasteiger partial charge < -0.3 is 4.74 Å². The molecule has 0 N–H and O–H groups in total. The largest absolute Gasteiger partial charge is 0.465 e. The van der Waals surface area contributed by atoms with E-state index in [9.17, 15) is 9.59 Å². The second kappa shape index (κ2) is 6.39. The highest BCUT2D eigenvalue weighted by Crippen LogP contribution is 2.34. The van der Waals surface area contributed by atoms with Gasteiger partial charge in [0.15, 0.2) is 0 Å². The fraction of sp³-hybridized carbons (Fsp3) is 0.600. The van der Waals surface area contributed by atoms with Gasteiger partial charge in [-0.1, -0.05) is 12.2 Å². The number of ketones is 1. The van der Waals surface area contributed by atoms with Crippen LogP contribution in [0.3, 0.4) is 0 Å². The molecule has 0 bridgehead atoms. The van der Waals surface area contributed by atoms with Crippen molar-refractivity contribution in [1.29, 1.82) is 0 Å². The molecule has 0 aromatic rings. The van der Waals surface area contributed by atoms with E-state index >= 15 is 0 Å². The van der Waals surface area contributed by atoms with E-state index < -0.39 is 11.4 Å². The van der Waals surface area contributed by atoms with Crippen LogP contribution >= 0.6 is 0 Å². The summed E-state index contributed by atoms with van der Waals surface area (Å²) < 4.78 is 5.01. The first-order valence-corrected chi connectivity index (χ1v) is 6.35. The summed E-state index contributed by atoms with van der Waals surface area (Å²) in [5.74, 6) is 2.31. The second-order valence-corrected chi connectivity index (χ2v) is 4.71. The average Bonchev–Trinajstić information content (AvgIpc) is 3.11. The molecule has 1 rings (SSSR count). The molecule has 98 valence electrons. The van der Waals surface area contributed by atoms with Gasteiger partial charge in [-0.05, 0) is 39.0 Å². The van der Waals surface area contributed by atoms with Crippen molar-refractivity contribution in [2.75, 3.05) is 6.61 Å². The van der Waals surface area contributed by atoms with Gasteiger partial charge in [0.1, 0.15) is 11.2 Å². The third-order valence-corrected chi connectivity index (χ3v) is 3.24. The summed E-state index contributed by atoms with van der Waals surface area (Å²) in [5.41, 5.74) is -1.20. The van der Waals surface area contributed by atoms with Crippen LogP contribution in [-0.4, -0.2) is 18.4 Å². The number of rotatable bonds is 7. The molecule has 1 fully saturated rings. The van der Waals surface area contributed by atoms with Gasteiger partial charge in [0, 0.05) is 6.42 Å². The van der Waals surface area contributed by atoms with E-state index in [0.717, 1.165) is 0 Å². The van der Waals surface area contributed by atoms with Gasteiger partial charge in [0.25, 0.3) is 0 Å². The average molecular weight is 248 g/mol. The first-order chi connectivity index (χ1) is 8.56. The third-order valence-electron chi connectivity index (χ3n) is 3.24. The van der Waals surface area contributed by atoms with Gasteiger partial charge in [-0.25, -0.2) is 0 Å². The predicted molar refractivity (Wildman–Crippen MR) is 69.7 cm³/mol. The van der Waals surface area contributed by atoms with Gasteiger partial charge in [-0.3, -0.25) is 9.59 Å². The van der Waals surface area contributed by atoms with Gasteiger partial charge in [0.2, 0.25) is 0 Å². The first-order valence-electron chi connectivity index (χ1n) is 6.35. The molecule has 18 heavy (non-hydrogen) atoms. The number of hydrogen-bond donors (Lipinski definition) is 0. The Hall–Kier alpha value is -1.56. The molecule has 3 nitrogen and oxygen atoms in total. The molecule has 3 heteroatoms. The van der Waals surface area contributed by atoms with Crippen molar-refractivity contribution in [3.05, 3.63) is 12.2 Å². The van der Waals surface area contributed by atoms with Crippen LogP contribution in [0.25, 0.3) is 0 Å². The van der Waals surface area contributed by atoms with Crippen molar-refractivity contribution in [2.24, 2.45) is 11.3 Å².